The summed E-state index contributed by atoms with van der Waals surface area (Å²) in [5, 5.41) is 0. The fourth-order valence-corrected chi connectivity index (χ4v) is 1.02. The van der Waals surface area contributed by atoms with Gasteiger partial charge in [-0.05, 0) is 27.2 Å². The fraction of sp³-hybridized carbons (Fsp3) is 0.500. The summed E-state index contributed by atoms with van der Waals surface area (Å²) in [6.45, 7) is 7.14. The smallest absolute Gasteiger partial charge is 0.339 e. The first-order chi connectivity index (χ1) is 7.35. The average molecular weight is 224 g/mol. The van der Waals surface area contributed by atoms with E-state index in [0.29, 0.717) is 12.2 Å². The molecule has 0 bridgehead atoms. The predicted molar refractivity (Wildman–Crippen MR) is 59.4 cm³/mol. The van der Waals surface area contributed by atoms with Gasteiger partial charge in [-0.1, -0.05) is 6.92 Å². The van der Waals surface area contributed by atoms with Crippen LogP contribution in [0.1, 0.15) is 33.0 Å². The van der Waals surface area contributed by atoms with E-state index in [1.165, 1.54) is 6.07 Å². The second-order valence-corrected chi connectivity index (χ2v) is 4.35. The number of esters is 1. The SMILES string of the molecule is CCC(C)(C)C(=O)Oc1cc(C)oc(=O)c1. The molecule has 4 heteroatoms. The van der Waals surface area contributed by atoms with Crippen LogP contribution in [0, 0.1) is 12.3 Å². The highest BCUT2D eigenvalue weighted by atomic mass is 16.5. The molecule has 4 nitrogen and oxygen atoms in total. The number of hydrogen-bond acceptors (Lipinski definition) is 4. The minimum absolute atomic E-state index is 0.236. The Morgan fingerprint density at radius 1 is 1.44 bits per heavy atom. The molecule has 0 aliphatic heterocycles. The molecule has 88 valence electrons. The lowest BCUT2D eigenvalue weighted by Crippen LogP contribution is -2.28. The van der Waals surface area contributed by atoms with Gasteiger partial charge in [0.2, 0.25) is 0 Å². The zero-order chi connectivity index (χ0) is 12.3. The van der Waals surface area contributed by atoms with Gasteiger partial charge < -0.3 is 9.15 Å². The van der Waals surface area contributed by atoms with E-state index in [9.17, 15) is 9.59 Å². The maximum Gasteiger partial charge on any atom is 0.339 e. The van der Waals surface area contributed by atoms with Crippen molar-refractivity contribution in [3.8, 4) is 5.75 Å². The minimum atomic E-state index is -0.552. The maximum absolute atomic E-state index is 11.7. The number of hydrogen-bond donors (Lipinski definition) is 0. The minimum Gasteiger partial charge on any atom is -0.428 e. The Balaban J connectivity index is 2.89. The Labute approximate surface area is 94.2 Å². The van der Waals surface area contributed by atoms with Crippen LogP contribution in [0.2, 0.25) is 0 Å². The van der Waals surface area contributed by atoms with Crippen LogP contribution < -0.4 is 10.4 Å². The molecule has 0 radical (unpaired) electrons. The Hall–Kier alpha value is -1.58. The van der Waals surface area contributed by atoms with Crippen molar-refractivity contribution in [2.24, 2.45) is 5.41 Å². The number of ether oxygens (including phenoxy) is 1. The van der Waals surface area contributed by atoms with E-state index in [0.717, 1.165) is 6.07 Å². The largest absolute Gasteiger partial charge is 0.428 e. The van der Waals surface area contributed by atoms with E-state index in [1.54, 1.807) is 20.8 Å². The molecule has 0 spiro atoms. The first-order valence-corrected chi connectivity index (χ1v) is 5.19. The standard InChI is InChI=1S/C12H16O4/c1-5-12(3,4)11(14)16-9-6-8(2)15-10(13)7-9/h6-7H,5H2,1-4H3. The van der Waals surface area contributed by atoms with Crippen LogP contribution in [0.25, 0.3) is 0 Å². The van der Waals surface area contributed by atoms with E-state index in [4.69, 9.17) is 9.15 Å². The number of carbonyl (C=O) groups excluding carboxylic acids is 1. The van der Waals surface area contributed by atoms with Crippen molar-refractivity contribution < 1.29 is 13.9 Å². The lowest BCUT2D eigenvalue weighted by molar-refractivity contribution is -0.144. The summed E-state index contributed by atoms with van der Waals surface area (Å²) in [5.41, 5.74) is -1.07. The van der Waals surface area contributed by atoms with Gasteiger partial charge in [0.05, 0.1) is 11.5 Å². The Kier molecular flexibility index (Phi) is 3.52. The van der Waals surface area contributed by atoms with Gasteiger partial charge in [-0.2, -0.15) is 0 Å². The van der Waals surface area contributed by atoms with Gasteiger partial charge in [0, 0.05) is 6.07 Å². The van der Waals surface area contributed by atoms with E-state index >= 15 is 0 Å². The molecule has 0 N–H and O–H groups in total. The first-order valence-electron chi connectivity index (χ1n) is 5.19. The second-order valence-electron chi connectivity index (χ2n) is 4.35. The van der Waals surface area contributed by atoms with Crippen molar-refractivity contribution in [2.75, 3.05) is 0 Å². The lowest BCUT2D eigenvalue weighted by atomic mass is 9.91. The molecule has 1 rings (SSSR count). The van der Waals surface area contributed by atoms with Gasteiger partial charge in [0.15, 0.2) is 0 Å². The van der Waals surface area contributed by atoms with Crippen LogP contribution in [0.4, 0.5) is 0 Å². The van der Waals surface area contributed by atoms with Crippen LogP contribution >= 0.6 is 0 Å². The molecule has 0 fully saturated rings. The van der Waals surface area contributed by atoms with Crippen molar-refractivity contribution in [3.05, 3.63) is 28.3 Å². The molecule has 16 heavy (non-hydrogen) atoms. The van der Waals surface area contributed by atoms with Gasteiger partial charge in [0.25, 0.3) is 0 Å². The van der Waals surface area contributed by atoms with Crippen LogP contribution in [-0.2, 0) is 4.79 Å². The quantitative estimate of drug-likeness (QED) is 0.739. The van der Waals surface area contributed by atoms with Gasteiger partial charge in [-0.3, -0.25) is 4.79 Å². The summed E-state index contributed by atoms with van der Waals surface area (Å²) in [7, 11) is 0. The molecule has 1 aromatic rings. The first kappa shape index (κ1) is 12.5. The molecule has 1 heterocycles. The van der Waals surface area contributed by atoms with Crippen LogP contribution in [-0.4, -0.2) is 5.97 Å². The Morgan fingerprint density at radius 2 is 2.06 bits per heavy atom. The molecular formula is C12H16O4. The highest BCUT2D eigenvalue weighted by Gasteiger charge is 2.27. The highest BCUT2D eigenvalue weighted by molar-refractivity contribution is 5.78. The van der Waals surface area contributed by atoms with Crippen molar-refractivity contribution in [1.29, 1.82) is 0 Å². The average Bonchev–Trinajstić information content (AvgIpc) is 2.15. The molecular weight excluding hydrogens is 208 g/mol. The summed E-state index contributed by atoms with van der Waals surface area (Å²) >= 11 is 0. The number of carbonyl (C=O) groups is 1. The van der Waals surface area contributed by atoms with Crippen molar-refractivity contribution in [1.82, 2.24) is 0 Å². The Morgan fingerprint density at radius 3 is 2.56 bits per heavy atom. The van der Waals surface area contributed by atoms with Gasteiger partial charge in [0.1, 0.15) is 11.5 Å². The molecule has 0 atom stereocenters. The molecule has 0 aliphatic carbocycles. The van der Waals surface area contributed by atoms with Crippen molar-refractivity contribution in [3.63, 3.8) is 0 Å². The zero-order valence-corrected chi connectivity index (χ0v) is 9.99. The van der Waals surface area contributed by atoms with Crippen LogP contribution in [0.3, 0.4) is 0 Å². The van der Waals surface area contributed by atoms with E-state index in [2.05, 4.69) is 0 Å². The van der Waals surface area contributed by atoms with Gasteiger partial charge in [-0.15, -0.1) is 0 Å². The highest BCUT2D eigenvalue weighted by Crippen LogP contribution is 2.23. The summed E-state index contributed by atoms with van der Waals surface area (Å²) in [4.78, 5) is 22.8. The zero-order valence-electron chi connectivity index (χ0n) is 9.99. The van der Waals surface area contributed by atoms with Crippen molar-refractivity contribution >= 4 is 5.97 Å². The van der Waals surface area contributed by atoms with E-state index in [1.807, 2.05) is 6.92 Å². The number of aryl methyl sites for hydroxylation is 1. The lowest BCUT2D eigenvalue weighted by Gasteiger charge is -2.19. The normalized spacial score (nSPS) is 11.2. The van der Waals surface area contributed by atoms with Crippen LogP contribution in [0.15, 0.2) is 21.3 Å². The maximum atomic E-state index is 11.7. The molecule has 0 amide bonds. The van der Waals surface area contributed by atoms with E-state index in [-0.39, 0.29) is 11.7 Å². The number of rotatable bonds is 3. The van der Waals surface area contributed by atoms with Crippen molar-refractivity contribution in [2.45, 2.75) is 34.1 Å². The third-order valence-electron chi connectivity index (χ3n) is 2.51. The summed E-state index contributed by atoms with van der Waals surface area (Å²) in [5.74, 6) is 0.310. The molecule has 0 aromatic carbocycles. The molecule has 1 aromatic heterocycles. The second kappa shape index (κ2) is 4.51. The van der Waals surface area contributed by atoms with Gasteiger partial charge in [-0.25, -0.2) is 4.79 Å². The summed E-state index contributed by atoms with van der Waals surface area (Å²) < 4.78 is 9.90. The molecule has 0 saturated heterocycles. The third kappa shape index (κ3) is 2.95. The monoisotopic (exact) mass is 224 g/mol. The topological polar surface area (TPSA) is 56.5 Å². The van der Waals surface area contributed by atoms with E-state index < -0.39 is 11.0 Å². The summed E-state index contributed by atoms with van der Waals surface area (Å²) in [6.07, 6.45) is 0.673. The third-order valence-corrected chi connectivity index (χ3v) is 2.51. The molecule has 0 saturated carbocycles. The molecule has 0 unspecified atom stereocenters. The van der Waals surface area contributed by atoms with Crippen LogP contribution in [0.5, 0.6) is 5.75 Å². The van der Waals surface area contributed by atoms with Gasteiger partial charge >= 0.3 is 11.6 Å². The molecule has 0 aliphatic rings. The Bertz CT molecular complexity index is 443. The predicted octanol–water partition coefficient (Wildman–Crippen LogP) is 2.29. The summed E-state index contributed by atoms with van der Waals surface area (Å²) in [6, 6.07) is 2.68. The fourth-order valence-electron chi connectivity index (χ4n) is 1.02.